The molecule has 0 bridgehead atoms. The van der Waals surface area contributed by atoms with Crippen molar-refractivity contribution >= 4 is 0 Å². The summed E-state index contributed by atoms with van der Waals surface area (Å²) in [6.45, 7) is 7.45. The van der Waals surface area contributed by atoms with E-state index in [-0.39, 0.29) is 11.5 Å². The molecule has 0 radical (unpaired) electrons. The zero-order valence-corrected chi connectivity index (χ0v) is 13.2. The summed E-state index contributed by atoms with van der Waals surface area (Å²) in [5.41, 5.74) is 7.36. The van der Waals surface area contributed by atoms with Gasteiger partial charge in [-0.05, 0) is 42.9 Å². The van der Waals surface area contributed by atoms with Crippen LogP contribution < -0.4 is 10.5 Å². The van der Waals surface area contributed by atoms with Crippen molar-refractivity contribution in [2.45, 2.75) is 64.4 Å². The summed E-state index contributed by atoms with van der Waals surface area (Å²) in [5.74, 6) is 1.55. The molecule has 1 fully saturated rings. The Hall–Kier alpha value is -1.02. The van der Waals surface area contributed by atoms with Crippen LogP contribution in [0.25, 0.3) is 0 Å². The van der Waals surface area contributed by atoms with Crippen molar-refractivity contribution in [2.75, 3.05) is 6.54 Å². The second kappa shape index (κ2) is 6.62. The van der Waals surface area contributed by atoms with Gasteiger partial charge < -0.3 is 10.5 Å². The predicted octanol–water partition coefficient (Wildman–Crippen LogP) is 4.27. The first-order valence-corrected chi connectivity index (χ1v) is 7.98. The van der Waals surface area contributed by atoms with E-state index in [0.29, 0.717) is 5.92 Å². The lowest BCUT2D eigenvalue weighted by Crippen LogP contribution is -2.32. The van der Waals surface area contributed by atoms with Crippen LogP contribution in [0.5, 0.6) is 5.75 Å². The fraction of sp³-hybridized carbons (Fsp3) is 0.667. The Bertz CT molecular complexity index is 422. The molecule has 2 N–H and O–H groups in total. The lowest BCUT2D eigenvalue weighted by molar-refractivity contribution is 0.127. The third-order valence-electron chi connectivity index (χ3n) is 4.37. The molecule has 0 saturated heterocycles. The van der Waals surface area contributed by atoms with E-state index in [1.54, 1.807) is 0 Å². The van der Waals surface area contributed by atoms with Crippen molar-refractivity contribution < 1.29 is 4.74 Å². The van der Waals surface area contributed by atoms with Crippen LogP contribution in [0.4, 0.5) is 0 Å². The van der Waals surface area contributed by atoms with Crippen molar-refractivity contribution in [3.05, 3.63) is 29.8 Å². The third kappa shape index (κ3) is 3.76. The number of nitrogens with two attached hydrogens (primary N) is 1. The summed E-state index contributed by atoms with van der Waals surface area (Å²) in [6.07, 6.45) is 6.50. The minimum Gasteiger partial charge on any atom is -0.490 e. The van der Waals surface area contributed by atoms with Crippen LogP contribution in [0.2, 0.25) is 0 Å². The smallest absolute Gasteiger partial charge is 0.123 e. The van der Waals surface area contributed by atoms with Crippen molar-refractivity contribution in [1.29, 1.82) is 0 Å². The van der Waals surface area contributed by atoms with Gasteiger partial charge in [-0.15, -0.1) is 0 Å². The molecule has 0 aromatic heterocycles. The highest BCUT2D eigenvalue weighted by Gasteiger charge is 2.26. The number of hydrogen-bond acceptors (Lipinski definition) is 2. The molecule has 2 rings (SSSR count). The average Bonchev–Trinajstić information content (AvgIpc) is 2.63. The average molecular weight is 275 g/mol. The fourth-order valence-corrected chi connectivity index (χ4v) is 3.13. The molecule has 2 unspecified atom stereocenters. The van der Waals surface area contributed by atoms with Gasteiger partial charge in [0.1, 0.15) is 11.9 Å². The maximum absolute atomic E-state index is 6.42. The van der Waals surface area contributed by atoms with Crippen LogP contribution >= 0.6 is 0 Å². The number of benzene rings is 1. The molecular weight excluding hydrogens is 246 g/mol. The van der Waals surface area contributed by atoms with E-state index in [1.165, 1.54) is 31.2 Å². The molecule has 20 heavy (non-hydrogen) atoms. The molecule has 0 aliphatic heterocycles. The first-order chi connectivity index (χ1) is 9.52. The SMILES string of the molecule is CC(C)(C)c1ccccc1OC1CCCCCC1CN. The van der Waals surface area contributed by atoms with Crippen molar-refractivity contribution in [3.63, 3.8) is 0 Å². The summed E-state index contributed by atoms with van der Waals surface area (Å²) in [5, 5.41) is 0. The molecular formula is C18H29NO. The Kier molecular flexibility index (Phi) is 5.09. The molecule has 112 valence electrons. The third-order valence-corrected chi connectivity index (χ3v) is 4.37. The summed E-state index contributed by atoms with van der Waals surface area (Å²) >= 11 is 0. The first-order valence-electron chi connectivity index (χ1n) is 7.98. The molecule has 2 nitrogen and oxygen atoms in total. The molecule has 2 heteroatoms. The lowest BCUT2D eigenvalue weighted by Gasteiger charge is -2.29. The van der Waals surface area contributed by atoms with E-state index in [4.69, 9.17) is 10.5 Å². The van der Waals surface area contributed by atoms with Crippen LogP contribution in [0.1, 0.15) is 58.4 Å². The Morgan fingerprint density at radius 3 is 2.50 bits per heavy atom. The molecule has 0 spiro atoms. The molecule has 1 saturated carbocycles. The summed E-state index contributed by atoms with van der Waals surface area (Å²) in [6, 6.07) is 8.46. The molecule has 0 heterocycles. The summed E-state index contributed by atoms with van der Waals surface area (Å²) in [4.78, 5) is 0. The van der Waals surface area contributed by atoms with Gasteiger partial charge in [-0.1, -0.05) is 51.8 Å². The topological polar surface area (TPSA) is 35.2 Å². The highest BCUT2D eigenvalue weighted by molar-refractivity contribution is 5.38. The van der Waals surface area contributed by atoms with Crippen molar-refractivity contribution in [3.8, 4) is 5.75 Å². The number of rotatable bonds is 3. The molecule has 1 aromatic rings. The Labute approximate surface area is 123 Å². The predicted molar refractivity (Wildman–Crippen MR) is 85.2 cm³/mol. The van der Waals surface area contributed by atoms with Crippen molar-refractivity contribution in [1.82, 2.24) is 0 Å². The number of para-hydroxylation sites is 1. The molecule has 2 atom stereocenters. The molecule has 1 aromatic carbocycles. The van der Waals surface area contributed by atoms with E-state index in [9.17, 15) is 0 Å². The first kappa shape index (κ1) is 15.4. The normalized spacial score (nSPS) is 24.2. The second-order valence-corrected chi connectivity index (χ2v) is 7.04. The molecule has 1 aliphatic carbocycles. The van der Waals surface area contributed by atoms with Crippen LogP contribution in [0, 0.1) is 5.92 Å². The van der Waals surface area contributed by atoms with E-state index in [0.717, 1.165) is 18.7 Å². The van der Waals surface area contributed by atoms with Crippen molar-refractivity contribution in [2.24, 2.45) is 11.7 Å². The summed E-state index contributed by atoms with van der Waals surface area (Å²) < 4.78 is 6.42. The van der Waals surface area contributed by atoms with Gasteiger partial charge in [0.05, 0.1) is 0 Å². The highest BCUT2D eigenvalue weighted by atomic mass is 16.5. The molecule has 0 amide bonds. The highest BCUT2D eigenvalue weighted by Crippen LogP contribution is 2.34. The molecule has 1 aliphatic rings. The monoisotopic (exact) mass is 275 g/mol. The number of hydrogen-bond donors (Lipinski definition) is 1. The van der Waals surface area contributed by atoms with Gasteiger partial charge in [-0.2, -0.15) is 0 Å². The Balaban J connectivity index is 2.20. The van der Waals surface area contributed by atoms with Gasteiger partial charge in [0, 0.05) is 5.92 Å². The van der Waals surface area contributed by atoms with Gasteiger partial charge in [0.15, 0.2) is 0 Å². The minimum absolute atomic E-state index is 0.111. The van der Waals surface area contributed by atoms with Gasteiger partial charge in [-0.25, -0.2) is 0 Å². The fourth-order valence-electron chi connectivity index (χ4n) is 3.13. The standard InChI is InChI=1S/C18H29NO/c1-18(2,3)15-10-7-8-12-17(15)20-16-11-6-4-5-9-14(16)13-19/h7-8,10,12,14,16H,4-6,9,11,13,19H2,1-3H3. The Morgan fingerprint density at radius 2 is 1.80 bits per heavy atom. The zero-order chi connectivity index (χ0) is 14.6. The largest absolute Gasteiger partial charge is 0.490 e. The second-order valence-electron chi connectivity index (χ2n) is 7.04. The quantitative estimate of drug-likeness (QED) is 0.836. The van der Waals surface area contributed by atoms with Gasteiger partial charge in [-0.3, -0.25) is 0 Å². The zero-order valence-electron chi connectivity index (χ0n) is 13.2. The van der Waals surface area contributed by atoms with Crippen LogP contribution in [0.3, 0.4) is 0 Å². The summed E-state index contributed by atoms with van der Waals surface area (Å²) in [7, 11) is 0. The minimum atomic E-state index is 0.111. The van der Waals surface area contributed by atoms with Gasteiger partial charge >= 0.3 is 0 Å². The van der Waals surface area contributed by atoms with E-state index in [2.05, 4.69) is 45.0 Å². The Morgan fingerprint density at radius 1 is 1.10 bits per heavy atom. The number of ether oxygens (including phenoxy) is 1. The van der Waals surface area contributed by atoms with Crippen LogP contribution in [-0.2, 0) is 5.41 Å². The van der Waals surface area contributed by atoms with E-state index < -0.39 is 0 Å². The van der Waals surface area contributed by atoms with Crippen LogP contribution in [0.15, 0.2) is 24.3 Å². The van der Waals surface area contributed by atoms with Gasteiger partial charge in [0.2, 0.25) is 0 Å². The van der Waals surface area contributed by atoms with E-state index in [1.807, 2.05) is 0 Å². The lowest BCUT2D eigenvalue weighted by atomic mass is 9.86. The maximum Gasteiger partial charge on any atom is 0.123 e. The van der Waals surface area contributed by atoms with E-state index >= 15 is 0 Å². The van der Waals surface area contributed by atoms with Crippen LogP contribution in [-0.4, -0.2) is 12.6 Å². The maximum atomic E-state index is 6.42. The van der Waals surface area contributed by atoms with Gasteiger partial charge in [0.25, 0.3) is 0 Å².